The van der Waals surface area contributed by atoms with Gasteiger partial charge in [0.15, 0.2) is 11.5 Å². The molecule has 0 spiro atoms. The Bertz CT molecular complexity index is 1080. The van der Waals surface area contributed by atoms with E-state index in [9.17, 15) is 19.1 Å². The maximum atomic E-state index is 14.0. The van der Waals surface area contributed by atoms with Crippen molar-refractivity contribution >= 4 is 17.4 Å². The van der Waals surface area contributed by atoms with Crippen LogP contribution in [0.1, 0.15) is 23.6 Å². The fourth-order valence-corrected chi connectivity index (χ4v) is 3.95. The van der Waals surface area contributed by atoms with Gasteiger partial charge < -0.3 is 29.0 Å². The van der Waals surface area contributed by atoms with Crippen molar-refractivity contribution < 1.29 is 38.0 Å². The molecule has 1 unspecified atom stereocenters. The number of aliphatic hydroxyl groups excluding tert-OH is 1. The van der Waals surface area contributed by atoms with E-state index in [2.05, 4.69) is 0 Å². The van der Waals surface area contributed by atoms with Crippen LogP contribution in [-0.4, -0.2) is 63.3 Å². The van der Waals surface area contributed by atoms with Gasteiger partial charge in [0, 0.05) is 25.8 Å². The predicted molar refractivity (Wildman–Crippen MR) is 118 cm³/mol. The molecule has 1 heterocycles. The molecular formula is C24H26FNO7. The molecule has 9 heteroatoms. The third kappa shape index (κ3) is 4.49. The summed E-state index contributed by atoms with van der Waals surface area (Å²) < 4.78 is 35.3. The molecule has 1 atom stereocenters. The molecule has 2 aromatic rings. The molecule has 3 rings (SSSR count). The normalized spacial score (nSPS) is 17.4. The van der Waals surface area contributed by atoms with Gasteiger partial charge in [-0.15, -0.1) is 0 Å². The Morgan fingerprint density at radius 2 is 1.76 bits per heavy atom. The summed E-state index contributed by atoms with van der Waals surface area (Å²) in [7, 11) is 5.80. The van der Waals surface area contributed by atoms with Crippen molar-refractivity contribution in [1.29, 1.82) is 0 Å². The first-order valence-electron chi connectivity index (χ1n) is 10.2. The molecule has 0 aromatic heterocycles. The van der Waals surface area contributed by atoms with Gasteiger partial charge in [0.05, 0.1) is 38.5 Å². The number of carbonyl (C=O) groups excluding carboxylic acids is 2. The highest BCUT2D eigenvalue weighted by molar-refractivity contribution is 6.46. The molecule has 0 radical (unpaired) electrons. The van der Waals surface area contributed by atoms with Gasteiger partial charge in [-0.05, 0) is 30.7 Å². The van der Waals surface area contributed by atoms with Gasteiger partial charge in [-0.25, -0.2) is 4.39 Å². The summed E-state index contributed by atoms with van der Waals surface area (Å²) in [6, 6.07) is 7.59. The van der Waals surface area contributed by atoms with Crippen LogP contribution in [0, 0.1) is 5.82 Å². The second-order valence-electron chi connectivity index (χ2n) is 7.27. The fraction of sp³-hybridized carbons (Fsp3) is 0.333. The maximum Gasteiger partial charge on any atom is 0.295 e. The van der Waals surface area contributed by atoms with Gasteiger partial charge in [0.2, 0.25) is 0 Å². The van der Waals surface area contributed by atoms with Crippen molar-refractivity contribution in [2.45, 2.75) is 12.5 Å². The van der Waals surface area contributed by atoms with Crippen LogP contribution in [-0.2, 0) is 14.3 Å². The van der Waals surface area contributed by atoms with E-state index in [0.717, 1.165) is 6.07 Å². The Morgan fingerprint density at radius 3 is 2.39 bits per heavy atom. The third-order valence-electron chi connectivity index (χ3n) is 5.43. The Morgan fingerprint density at radius 1 is 1.03 bits per heavy atom. The first-order chi connectivity index (χ1) is 15.9. The molecule has 1 amide bonds. The Balaban J connectivity index is 2.28. The number of nitrogens with zero attached hydrogens (tertiary/aromatic N) is 1. The lowest BCUT2D eigenvalue weighted by Crippen LogP contribution is -2.31. The highest BCUT2D eigenvalue weighted by Gasteiger charge is 2.47. The van der Waals surface area contributed by atoms with E-state index in [4.69, 9.17) is 18.9 Å². The number of halogens is 1. The zero-order chi connectivity index (χ0) is 24.1. The van der Waals surface area contributed by atoms with Crippen molar-refractivity contribution in [2.75, 3.05) is 41.6 Å². The minimum absolute atomic E-state index is 0.0424. The third-order valence-corrected chi connectivity index (χ3v) is 5.43. The molecule has 0 aliphatic carbocycles. The predicted octanol–water partition coefficient (Wildman–Crippen LogP) is 3.31. The number of carbonyl (C=O) groups is 2. The number of methoxy groups -OCH3 is 4. The van der Waals surface area contributed by atoms with Crippen molar-refractivity contribution in [3.8, 4) is 17.2 Å². The summed E-state index contributed by atoms with van der Waals surface area (Å²) in [4.78, 5) is 27.5. The van der Waals surface area contributed by atoms with Crippen LogP contribution in [0.4, 0.5) is 4.39 Å². The maximum absolute atomic E-state index is 14.0. The van der Waals surface area contributed by atoms with Crippen LogP contribution in [0.5, 0.6) is 17.2 Å². The Hall–Kier alpha value is -3.59. The van der Waals surface area contributed by atoms with E-state index in [1.807, 2.05) is 0 Å². The molecule has 1 fully saturated rings. The number of ketones is 1. The van der Waals surface area contributed by atoms with Crippen LogP contribution in [0.15, 0.2) is 42.0 Å². The lowest BCUT2D eigenvalue weighted by atomic mass is 9.94. The minimum Gasteiger partial charge on any atom is -0.507 e. The molecule has 176 valence electrons. The molecule has 0 bridgehead atoms. The topological polar surface area (TPSA) is 94.5 Å². The summed E-state index contributed by atoms with van der Waals surface area (Å²) in [6.07, 6.45) is 0.454. The summed E-state index contributed by atoms with van der Waals surface area (Å²) >= 11 is 0. The molecule has 2 aromatic carbocycles. The van der Waals surface area contributed by atoms with Crippen LogP contribution in [0.25, 0.3) is 5.76 Å². The highest BCUT2D eigenvalue weighted by Crippen LogP contribution is 2.46. The fourth-order valence-electron chi connectivity index (χ4n) is 3.95. The zero-order valence-electron chi connectivity index (χ0n) is 18.9. The standard InChI is InChI=1S/C24H26FNO7/c1-30-12-6-11-26-20(15-7-5-8-18(32-3)23(15)33-4)19(22(28)24(26)29)21(27)16-13-14(25)9-10-17(16)31-2/h5,7-10,13,20,27H,6,11-12H2,1-4H3/b21-19+. The number of para-hydroxylation sites is 1. The monoisotopic (exact) mass is 459 g/mol. The number of hydrogen-bond acceptors (Lipinski definition) is 7. The first-order valence-corrected chi connectivity index (χ1v) is 10.2. The number of likely N-dealkylation sites (tertiary alicyclic amines) is 1. The van der Waals surface area contributed by atoms with Gasteiger partial charge in [-0.3, -0.25) is 9.59 Å². The van der Waals surface area contributed by atoms with Crippen molar-refractivity contribution in [1.82, 2.24) is 4.90 Å². The van der Waals surface area contributed by atoms with E-state index in [1.54, 1.807) is 18.2 Å². The number of benzene rings is 2. The smallest absolute Gasteiger partial charge is 0.295 e. The number of amides is 1. The van der Waals surface area contributed by atoms with E-state index in [-0.39, 0.29) is 23.4 Å². The van der Waals surface area contributed by atoms with E-state index in [1.165, 1.54) is 45.5 Å². The Labute approximate surface area is 191 Å². The van der Waals surface area contributed by atoms with Crippen LogP contribution < -0.4 is 14.2 Å². The molecule has 1 N–H and O–H groups in total. The van der Waals surface area contributed by atoms with E-state index < -0.39 is 29.3 Å². The molecule has 1 aliphatic heterocycles. The molecule has 1 aliphatic rings. The number of ether oxygens (including phenoxy) is 4. The van der Waals surface area contributed by atoms with Crippen LogP contribution in [0.3, 0.4) is 0 Å². The van der Waals surface area contributed by atoms with Crippen molar-refractivity contribution in [2.24, 2.45) is 0 Å². The average Bonchev–Trinajstić information content (AvgIpc) is 3.07. The first kappa shape index (κ1) is 24.1. The lowest BCUT2D eigenvalue weighted by Gasteiger charge is -2.27. The number of rotatable bonds is 9. The summed E-state index contributed by atoms with van der Waals surface area (Å²) in [5, 5.41) is 11.2. The van der Waals surface area contributed by atoms with Gasteiger partial charge >= 0.3 is 0 Å². The van der Waals surface area contributed by atoms with E-state index in [0.29, 0.717) is 30.1 Å². The number of aliphatic hydroxyl groups is 1. The van der Waals surface area contributed by atoms with Crippen LogP contribution in [0.2, 0.25) is 0 Å². The van der Waals surface area contributed by atoms with Gasteiger partial charge in [-0.1, -0.05) is 12.1 Å². The average molecular weight is 459 g/mol. The highest BCUT2D eigenvalue weighted by atomic mass is 19.1. The largest absolute Gasteiger partial charge is 0.507 e. The Kier molecular flexibility index (Phi) is 7.55. The summed E-state index contributed by atoms with van der Waals surface area (Å²) in [5.41, 5.74) is 0.192. The lowest BCUT2D eigenvalue weighted by molar-refractivity contribution is -0.140. The SMILES string of the molecule is COCCCN1C(=O)C(=O)/C(=C(/O)c2cc(F)ccc2OC)C1c1cccc(OC)c1OC. The molecule has 33 heavy (non-hydrogen) atoms. The molecule has 0 saturated carbocycles. The minimum atomic E-state index is -1.00. The quantitative estimate of drug-likeness (QED) is 0.266. The number of Topliss-reactive ketones (excluding diaryl/α,β-unsaturated/α-hetero) is 1. The summed E-state index contributed by atoms with van der Waals surface area (Å²) in [6.45, 7) is 0.545. The summed E-state index contributed by atoms with van der Waals surface area (Å²) in [5.74, 6) is -2.03. The van der Waals surface area contributed by atoms with Gasteiger partial charge in [-0.2, -0.15) is 0 Å². The van der Waals surface area contributed by atoms with Crippen LogP contribution >= 0.6 is 0 Å². The van der Waals surface area contributed by atoms with Gasteiger partial charge in [0.25, 0.3) is 11.7 Å². The zero-order valence-corrected chi connectivity index (χ0v) is 18.9. The molecule has 1 saturated heterocycles. The molecular weight excluding hydrogens is 433 g/mol. The molecule has 8 nitrogen and oxygen atoms in total. The van der Waals surface area contributed by atoms with E-state index >= 15 is 0 Å². The van der Waals surface area contributed by atoms with Gasteiger partial charge in [0.1, 0.15) is 17.3 Å². The number of hydrogen-bond donors (Lipinski definition) is 1. The second-order valence-corrected chi connectivity index (χ2v) is 7.27. The van der Waals surface area contributed by atoms with Crippen molar-refractivity contribution in [3.63, 3.8) is 0 Å². The second kappa shape index (κ2) is 10.4. The van der Waals surface area contributed by atoms with Crippen molar-refractivity contribution in [3.05, 3.63) is 58.9 Å².